The van der Waals surface area contributed by atoms with Crippen molar-refractivity contribution in [1.82, 2.24) is 4.98 Å². The summed E-state index contributed by atoms with van der Waals surface area (Å²) >= 11 is 0. The molecule has 108 valence electrons. The standard InChI is InChI=1S/C15H11F3N2O/c1-10(11-5-3-2-4-6-11)21-14-12(9-19)7-8-13(20-14)15(16,17)18/h2-8,10H,1H3. The van der Waals surface area contributed by atoms with Crippen LogP contribution in [0.2, 0.25) is 0 Å². The van der Waals surface area contributed by atoms with Crippen molar-refractivity contribution in [2.45, 2.75) is 19.2 Å². The Morgan fingerprint density at radius 2 is 1.81 bits per heavy atom. The maximum Gasteiger partial charge on any atom is 0.433 e. The second kappa shape index (κ2) is 5.83. The smallest absolute Gasteiger partial charge is 0.433 e. The van der Waals surface area contributed by atoms with E-state index in [4.69, 9.17) is 10.00 Å². The molecule has 0 aliphatic rings. The zero-order valence-corrected chi connectivity index (χ0v) is 11.1. The normalized spacial score (nSPS) is 12.5. The molecular weight excluding hydrogens is 281 g/mol. The van der Waals surface area contributed by atoms with E-state index in [0.717, 1.165) is 17.7 Å². The van der Waals surface area contributed by atoms with Crippen molar-refractivity contribution in [3.8, 4) is 11.9 Å². The van der Waals surface area contributed by atoms with Gasteiger partial charge in [0.05, 0.1) is 0 Å². The molecule has 21 heavy (non-hydrogen) atoms. The van der Waals surface area contributed by atoms with E-state index in [2.05, 4.69) is 4.98 Å². The minimum absolute atomic E-state index is 0.0363. The molecule has 1 atom stereocenters. The van der Waals surface area contributed by atoms with Gasteiger partial charge in [-0.25, -0.2) is 4.98 Å². The van der Waals surface area contributed by atoms with Crippen LogP contribution in [0.1, 0.15) is 29.8 Å². The Kier molecular flexibility index (Phi) is 4.13. The topological polar surface area (TPSA) is 45.9 Å². The molecule has 2 aromatic rings. The molecule has 0 aliphatic carbocycles. The van der Waals surface area contributed by atoms with Crippen molar-refractivity contribution in [2.24, 2.45) is 0 Å². The van der Waals surface area contributed by atoms with E-state index in [1.54, 1.807) is 37.3 Å². The first-order valence-corrected chi connectivity index (χ1v) is 6.11. The molecular formula is C15H11F3N2O. The van der Waals surface area contributed by atoms with Crippen LogP contribution < -0.4 is 4.74 Å². The number of ether oxygens (including phenoxy) is 1. The molecule has 0 aliphatic heterocycles. The summed E-state index contributed by atoms with van der Waals surface area (Å²) in [5.41, 5.74) is -0.344. The first-order valence-electron chi connectivity index (χ1n) is 6.11. The fourth-order valence-electron chi connectivity index (χ4n) is 1.73. The third-order valence-corrected chi connectivity index (χ3v) is 2.83. The van der Waals surface area contributed by atoms with Crippen LogP contribution in [0.3, 0.4) is 0 Å². The van der Waals surface area contributed by atoms with Crippen LogP contribution in [0.5, 0.6) is 5.88 Å². The van der Waals surface area contributed by atoms with E-state index in [1.165, 1.54) is 0 Å². The Morgan fingerprint density at radius 1 is 1.14 bits per heavy atom. The summed E-state index contributed by atoms with van der Waals surface area (Å²) in [6.45, 7) is 1.68. The number of hydrogen-bond donors (Lipinski definition) is 0. The zero-order valence-electron chi connectivity index (χ0n) is 11.1. The van der Waals surface area contributed by atoms with Gasteiger partial charge in [-0.3, -0.25) is 0 Å². The molecule has 0 fully saturated rings. The number of hydrogen-bond acceptors (Lipinski definition) is 3. The third-order valence-electron chi connectivity index (χ3n) is 2.83. The van der Waals surface area contributed by atoms with Crippen LogP contribution in [-0.2, 0) is 6.18 Å². The van der Waals surface area contributed by atoms with Gasteiger partial charge in [0.25, 0.3) is 0 Å². The second-order valence-corrected chi connectivity index (χ2v) is 4.33. The van der Waals surface area contributed by atoms with Gasteiger partial charge >= 0.3 is 6.18 Å². The lowest BCUT2D eigenvalue weighted by Crippen LogP contribution is -2.11. The van der Waals surface area contributed by atoms with Crippen LogP contribution in [-0.4, -0.2) is 4.98 Å². The molecule has 0 saturated carbocycles. The maximum absolute atomic E-state index is 12.7. The Hall–Kier alpha value is -2.55. The molecule has 2 rings (SSSR count). The Labute approximate surface area is 119 Å². The number of nitriles is 1. The summed E-state index contributed by atoms with van der Waals surface area (Å²) in [5, 5.41) is 8.94. The molecule has 0 spiro atoms. The van der Waals surface area contributed by atoms with Gasteiger partial charge in [-0.15, -0.1) is 0 Å². The van der Waals surface area contributed by atoms with Crippen molar-refractivity contribution in [1.29, 1.82) is 5.26 Å². The van der Waals surface area contributed by atoms with Crippen molar-refractivity contribution >= 4 is 0 Å². The highest BCUT2D eigenvalue weighted by atomic mass is 19.4. The third kappa shape index (κ3) is 3.51. The quantitative estimate of drug-likeness (QED) is 0.855. The van der Waals surface area contributed by atoms with Gasteiger partial charge in [0.2, 0.25) is 5.88 Å². The fraction of sp³-hybridized carbons (Fsp3) is 0.200. The van der Waals surface area contributed by atoms with Gasteiger partial charge in [0.1, 0.15) is 23.4 Å². The van der Waals surface area contributed by atoms with E-state index in [0.29, 0.717) is 0 Å². The lowest BCUT2D eigenvalue weighted by molar-refractivity contribution is -0.141. The van der Waals surface area contributed by atoms with Gasteiger partial charge in [-0.05, 0) is 24.6 Å². The molecule has 0 N–H and O–H groups in total. The molecule has 3 nitrogen and oxygen atoms in total. The van der Waals surface area contributed by atoms with E-state index < -0.39 is 18.0 Å². The largest absolute Gasteiger partial charge is 0.469 e. The molecule has 1 heterocycles. The lowest BCUT2D eigenvalue weighted by Gasteiger charge is -2.16. The van der Waals surface area contributed by atoms with E-state index >= 15 is 0 Å². The highest BCUT2D eigenvalue weighted by Crippen LogP contribution is 2.31. The monoisotopic (exact) mass is 292 g/mol. The number of alkyl halides is 3. The molecule has 1 unspecified atom stereocenters. The average molecular weight is 292 g/mol. The number of nitrogens with zero attached hydrogens (tertiary/aromatic N) is 2. The van der Waals surface area contributed by atoms with Crippen molar-refractivity contribution < 1.29 is 17.9 Å². The summed E-state index contributed by atoms with van der Waals surface area (Å²) in [6, 6.07) is 12.6. The number of pyridine rings is 1. The van der Waals surface area contributed by atoms with Crippen LogP contribution >= 0.6 is 0 Å². The first-order chi connectivity index (χ1) is 9.91. The van der Waals surface area contributed by atoms with Gasteiger partial charge in [0.15, 0.2) is 0 Å². The number of benzene rings is 1. The average Bonchev–Trinajstić information content (AvgIpc) is 2.47. The zero-order chi connectivity index (χ0) is 15.5. The summed E-state index contributed by atoms with van der Waals surface area (Å²) in [6.07, 6.45) is -5.10. The van der Waals surface area contributed by atoms with E-state index in [-0.39, 0.29) is 11.4 Å². The van der Waals surface area contributed by atoms with Gasteiger partial charge in [-0.1, -0.05) is 30.3 Å². The van der Waals surface area contributed by atoms with Gasteiger partial charge in [0, 0.05) is 0 Å². The van der Waals surface area contributed by atoms with Crippen molar-refractivity contribution in [3.05, 3.63) is 59.3 Å². The van der Waals surface area contributed by atoms with E-state index in [9.17, 15) is 13.2 Å². The predicted molar refractivity (Wildman–Crippen MR) is 69.4 cm³/mol. The fourth-order valence-corrected chi connectivity index (χ4v) is 1.73. The minimum Gasteiger partial charge on any atom is -0.469 e. The molecule has 0 saturated heterocycles. The second-order valence-electron chi connectivity index (χ2n) is 4.33. The predicted octanol–water partition coefficient (Wildman–Crippen LogP) is 4.11. The van der Waals surface area contributed by atoms with Crippen LogP contribution in [0.25, 0.3) is 0 Å². The summed E-state index contributed by atoms with van der Waals surface area (Å²) in [7, 11) is 0. The summed E-state index contributed by atoms with van der Waals surface area (Å²) in [4.78, 5) is 3.41. The maximum atomic E-state index is 12.7. The van der Waals surface area contributed by atoms with Gasteiger partial charge < -0.3 is 4.74 Å². The molecule has 6 heteroatoms. The molecule has 1 aromatic carbocycles. The van der Waals surface area contributed by atoms with Crippen molar-refractivity contribution in [3.63, 3.8) is 0 Å². The Morgan fingerprint density at radius 3 is 2.38 bits per heavy atom. The molecule has 0 bridgehead atoms. The lowest BCUT2D eigenvalue weighted by atomic mass is 10.1. The highest BCUT2D eigenvalue weighted by molar-refractivity contribution is 5.39. The van der Waals surface area contributed by atoms with Crippen LogP contribution in [0, 0.1) is 11.3 Å². The minimum atomic E-state index is -4.58. The van der Waals surface area contributed by atoms with Crippen molar-refractivity contribution in [2.75, 3.05) is 0 Å². The van der Waals surface area contributed by atoms with Crippen LogP contribution in [0.15, 0.2) is 42.5 Å². The number of aromatic nitrogens is 1. The first kappa shape index (κ1) is 14.9. The summed E-state index contributed by atoms with van der Waals surface area (Å²) < 4.78 is 43.4. The SMILES string of the molecule is CC(Oc1nc(C(F)(F)F)ccc1C#N)c1ccccc1. The summed E-state index contributed by atoms with van der Waals surface area (Å²) in [5.74, 6) is -0.316. The molecule has 0 amide bonds. The van der Waals surface area contributed by atoms with E-state index in [1.807, 2.05) is 6.07 Å². The Bertz CT molecular complexity index is 663. The van der Waals surface area contributed by atoms with Gasteiger partial charge in [-0.2, -0.15) is 18.4 Å². The number of rotatable bonds is 3. The Balaban J connectivity index is 2.32. The molecule has 1 aromatic heterocycles. The van der Waals surface area contributed by atoms with Crippen LogP contribution in [0.4, 0.5) is 13.2 Å². The number of halogens is 3. The highest BCUT2D eigenvalue weighted by Gasteiger charge is 2.33. The molecule has 0 radical (unpaired) electrons.